The van der Waals surface area contributed by atoms with Crippen molar-refractivity contribution in [3.8, 4) is 0 Å². The fourth-order valence-corrected chi connectivity index (χ4v) is 3.46. The van der Waals surface area contributed by atoms with E-state index in [1.165, 1.54) is 18.2 Å². The maximum absolute atomic E-state index is 14.3. The second kappa shape index (κ2) is 6.84. The minimum atomic E-state index is -0.458. The normalized spacial score (nSPS) is 20.4. The first-order valence-corrected chi connectivity index (χ1v) is 7.97. The van der Waals surface area contributed by atoms with Gasteiger partial charge in [0.25, 0.3) is 0 Å². The first kappa shape index (κ1) is 16.4. The molecule has 1 aromatic carbocycles. The van der Waals surface area contributed by atoms with E-state index in [9.17, 15) is 8.78 Å². The highest BCUT2D eigenvalue weighted by Gasteiger charge is 2.41. The molecular formula is C17H26F2N2. The van der Waals surface area contributed by atoms with Crippen molar-refractivity contribution < 1.29 is 8.78 Å². The van der Waals surface area contributed by atoms with Gasteiger partial charge in [-0.2, -0.15) is 0 Å². The van der Waals surface area contributed by atoms with Crippen molar-refractivity contribution >= 4 is 0 Å². The number of nitrogens with one attached hydrogen (secondary N) is 1. The third kappa shape index (κ3) is 3.11. The molecule has 118 valence electrons. The van der Waals surface area contributed by atoms with E-state index in [0.29, 0.717) is 6.54 Å². The number of benzene rings is 1. The van der Waals surface area contributed by atoms with Crippen molar-refractivity contribution in [1.29, 1.82) is 0 Å². The Labute approximate surface area is 126 Å². The van der Waals surface area contributed by atoms with E-state index < -0.39 is 11.6 Å². The predicted molar refractivity (Wildman–Crippen MR) is 82.3 cm³/mol. The van der Waals surface area contributed by atoms with Gasteiger partial charge in [-0.1, -0.05) is 19.9 Å². The van der Waals surface area contributed by atoms with E-state index in [1.54, 1.807) is 0 Å². The van der Waals surface area contributed by atoms with Crippen molar-refractivity contribution in [2.75, 3.05) is 19.6 Å². The van der Waals surface area contributed by atoms with Crippen LogP contribution in [0.1, 0.15) is 51.6 Å². The Kier molecular flexibility index (Phi) is 5.33. The Morgan fingerprint density at radius 1 is 1.19 bits per heavy atom. The highest BCUT2D eigenvalue weighted by Crippen LogP contribution is 2.38. The Morgan fingerprint density at radius 2 is 1.76 bits per heavy atom. The molecule has 2 nitrogen and oxygen atoms in total. The minimum Gasteiger partial charge on any atom is -0.308 e. The number of likely N-dealkylation sites (N-methyl/N-ethyl adjacent to an activating group) is 1. The van der Waals surface area contributed by atoms with Crippen molar-refractivity contribution in [1.82, 2.24) is 10.2 Å². The van der Waals surface area contributed by atoms with Crippen LogP contribution in [-0.4, -0.2) is 30.1 Å². The van der Waals surface area contributed by atoms with Crippen LogP contribution < -0.4 is 5.32 Å². The lowest BCUT2D eigenvalue weighted by Crippen LogP contribution is -2.53. The van der Waals surface area contributed by atoms with Crippen molar-refractivity contribution in [2.45, 2.75) is 51.6 Å². The van der Waals surface area contributed by atoms with Crippen LogP contribution in [0.5, 0.6) is 0 Å². The zero-order chi connectivity index (χ0) is 15.5. The number of nitrogens with zero attached hydrogens (tertiary/aromatic N) is 1. The SMILES string of the molecule is CCNC(c1c(F)cccc1F)C(C)(CC)N1CCCC1. The van der Waals surface area contributed by atoms with Crippen LogP contribution in [0.25, 0.3) is 0 Å². The molecule has 1 aliphatic heterocycles. The zero-order valence-electron chi connectivity index (χ0n) is 13.3. The molecule has 0 amide bonds. The molecule has 2 atom stereocenters. The van der Waals surface area contributed by atoms with Gasteiger partial charge in [-0.15, -0.1) is 0 Å². The Hall–Kier alpha value is -1.00. The molecule has 0 radical (unpaired) electrons. The summed E-state index contributed by atoms with van der Waals surface area (Å²) in [6.07, 6.45) is 3.17. The van der Waals surface area contributed by atoms with Crippen LogP contribution in [-0.2, 0) is 0 Å². The summed E-state index contributed by atoms with van der Waals surface area (Å²) in [7, 11) is 0. The monoisotopic (exact) mass is 296 g/mol. The van der Waals surface area contributed by atoms with Crippen molar-refractivity contribution in [2.24, 2.45) is 0 Å². The predicted octanol–water partition coefficient (Wildman–Crippen LogP) is 3.88. The lowest BCUT2D eigenvalue weighted by molar-refractivity contribution is 0.0814. The molecule has 0 bridgehead atoms. The van der Waals surface area contributed by atoms with Gasteiger partial charge in [0.2, 0.25) is 0 Å². The lowest BCUT2D eigenvalue weighted by Gasteiger charge is -2.45. The smallest absolute Gasteiger partial charge is 0.130 e. The second-order valence-electron chi connectivity index (χ2n) is 6.03. The van der Waals surface area contributed by atoms with Gasteiger partial charge in [-0.05, 0) is 58.0 Å². The number of likely N-dealkylation sites (tertiary alicyclic amines) is 1. The van der Waals surface area contributed by atoms with E-state index >= 15 is 0 Å². The molecule has 2 unspecified atom stereocenters. The van der Waals surface area contributed by atoms with Gasteiger partial charge in [0.1, 0.15) is 11.6 Å². The average Bonchev–Trinajstić information content (AvgIpc) is 3.00. The molecule has 1 N–H and O–H groups in total. The molecule has 1 saturated heterocycles. The molecular weight excluding hydrogens is 270 g/mol. The number of halogens is 2. The molecule has 2 rings (SSSR count). The molecule has 0 aromatic heterocycles. The van der Waals surface area contributed by atoms with E-state index in [1.807, 2.05) is 6.92 Å². The first-order valence-electron chi connectivity index (χ1n) is 7.97. The molecule has 1 aromatic rings. The maximum atomic E-state index is 14.3. The largest absolute Gasteiger partial charge is 0.308 e. The minimum absolute atomic E-state index is 0.176. The first-order chi connectivity index (χ1) is 10.0. The van der Waals surface area contributed by atoms with Gasteiger partial charge in [0.05, 0.1) is 6.04 Å². The molecule has 1 aliphatic rings. The van der Waals surface area contributed by atoms with E-state index in [4.69, 9.17) is 0 Å². The summed E-state index contributed by atoms with van der Waals surface area (Å²) in [5, 5.41) is 3.33. The second-order valence-corrected chi connectivity index (χ2v) is 6.03. The highest BCUT2D eigenvalue weighted by molar-refractivity contribution is 5.27. The highest BCUT2D eigenvalue weighted by atomic mass is 19.1. The van der Waals surface area contributed by atoms with Gasteiger partial charge in [-0.3, -0.25) is 4.90 Å². The Morgan fingerprint density at radius 3 is 2.24 bits per heavy atom. The molecule has 21 heavy (non-hydrogen) atoms. The van der Waals surface area contributed by atoms with Gasteiger partial charge in [-0.25, -0.2) is 8.78 Å². The summed E-state index contributed by atoms with van der Waals surface area (Å²) in [5.41, 5.74) is -0.106. The lowest BCUT2D eigenvalue weighted by atomic mass is 9.82. The van der Waals surface area contributed by atoms with Gasteiger partial charge in [0.15, 0.2) is 0 Å². The molecule has 1 heterocycles. The van der Waals surface area contributed by atoms with E-state index in [0.717, 1.165) is 32.4 Å². The summed E-state index contributed by atoms with van der Waals surface area (Å²) in [6.45, 7) is 8.89. The van der Waals surface area contributed by atoms with Gasteiger partial charge < -0.3 is 5.32 Å². The molecule has 0 saturated carbocycles. The van der Waals surface area contributed by atoms with E-state index in [-0.39, 0.29) is 17.1 Å². The van der Waals surface area contributed by atoms with Gasteiger partial charge >= 0.3 is 0 Å². The topological polar surface area (TPSA) is 15.3 Å². The summed E-state index contributed by atoms with van der Waals surface area (Å²) >= 11 is 0. The fourth-order valence-electron chi connectivity index (χ4n) is 3.46. The molecule has 0 spiro atoms. The van der Waals surface area contributed by atoms with Crippen molar-refractivity contribution in [3.05, 3.63) is 35.4 Å². The van der Waals surface area contributed by atoms with Gasteiger partial charge in [0, 0.05) is 11.1 Å². The van der Waals surface area contributed by atoms with Crippen LogP contribution in [0.3, 0.4) is 0 Å². The summed E-state index contributed by atoms with van der Waals surface area (Å²) < 4.78 is 28.6. The third-order valence-corrected chi connectivity index (χ3v) is 4.86. The average molecular weight is 296 g/mol. The molecule has 1 fully saturated rings. The zero-order valence-corrected chi connectivity index (χ0v) is 13.3. The van der Waals surface area contributed by atoms with E-state index in [2.05, 4.69) is 24.1 Å². The number of hydrogen-bond donors (Lipinski definition) is 1. The van der Waals surface area contributed by atoms with Crippen LogP contribution in [0.2, 0.25) is 0 Å². The maximum Gasteiger partial charge on any atom is 0.130 e. The fraction of sp³-hybridized carbons (Fsp3) is 0.647. The molecule has 4 heteroatoms. The summed E-state index contributed by atoms with van der Waals surface area (Å²) in [5.74, 6) is -0.917. The van der Waals surface area contributed by atoms with Crippen LogP contribution >= 0.6 is 0 Å². The van der Waals surface area contributed by atoms with Crippen molar-refractivity contribution in [3.63, 3.8) is 0 Å². The Balaban J connectivity index is 2.45. The quantitative estimate of drug-likeness (QED) is 0.857. The van der Waals surface area contributed by atoms with Crippen LogP contribution in [0, 0.1) is 11.6 Å². The van der Waals surface area contributed by atoms with Crippen LogP contribution in [0.4, 0.5) is 8.78 Å². The Bertz CT molecular complexity index is 452. The molecule has 0 aliphatic carbocycles. The van der Waals surface area contributed by atoms with Crippen LogP contribution in [0.15, 0.2) is 18.2 Å². The summed E-state index contributed by atoms with van der Waals surface area (Å²) in [4.78, 5) is 2.38. The third-order valence-electron chi connectivity index (χ3n) is 4.86. The standard InChI is InChI=1S/C17H26F2N2/c1-4-17(3,21-11-6-7-12-21)16(20-5-2)15-13(18)9-8-10-14(15)19/h8-10,16,20H,4-7,11-12H2,1-3H3. The summed E-state index contributed by atoms with van der Waals surface area (Å²) in [6, 6.07) is 3.79. The number of hydrogen-bond acceptors (Lipinski definition) is 2. The number of rotatable bonds is 6.